The lowest BCUT2D eigenvalue weighted by Gasteiger charge is -2.39. The van der Waals surface area contributed by atoms with E-state index < -0.39 is 35.6 Å². The van der Waals surface area contributed by atoms with Crippen molar-refractivity contribution in [3.8, 4) is 17.2 Å². The van der Waals surface area contributed by atoms with E-state index >= 15 is 0 Å². The average molecular weight is 769 g/mol. The summed E-state index contributed by atoms with van der Waals surface area (Å²) >= 11 is 0. The van der Waals surface area contributed by atoms with Crippen LogP contribution in [0.15, 0.2) is 60.7 Å². The Labute approximate surface area is 308 Å². The number of carboxylic acid groups (broad SMARTS) is 4. The van der Waals surface area contributed by atoms with Crippen LogP contribution in [0.5, 0.6) is 17.2 Å². The summed E-state index contributed by atoms with van der Waals surface area (Å²) in [7, 11) is 4.57. The van der Waals surface area contributed by atoms with Crippen LogP contribution in [0, 0.1) is 0 Å². The summed E-state index contributed by atoms with van der Waals surface area (Å²) < 4.78 is 55.3. The predicted molar refractivity (Wildman–Crippen MR) is 187 cm³/mol. The number of carboxylic acids is 4. The van der Waals surface area contributed by atoms with Crippen LogP contribution in [-0.2, 0) is 25.4 Å². The Kier molecular flexibility index (Phi) is 17.8. The minimum absolute atomic E-state index is 0.0744. The quantitative estimate of drug-likeness (QED) is 0.229. The lowest BCUT2D eigenvalue weighted by atomic mass is 10.1. The summed E-state index contributed by atoms with van der Waals surface area (Å²) in [4.78, 5) is 59.9. The van der Waals surface area contributed by atoms with Crippen molar-refractivity contribution in [1.82, 2.24) is 14.7 Å². The number of benzene rings is 2. The lowest BCUT2D eigenvalue weighted by molar-refractivity contribution is -0.137. The van der Waals surface area contributed by atoms with Crippen molar-refractivity contribution in [3.05, 3.63) is 71.8 Å². The van der Waals surface area contributed by atoms with Crippen molar-refractivity contribution >= 4 is 35.5 Å². The fraction of sp³-hybridized carbons (Fsp3) is 0.400. The Morgan fingerprint density at radius 2 is 1.07 bits per heavy atom. The molecule has 2 aromatic rings. The second-order valence-corrected chi connectivity index (χ2v) is 11.4. The molecule has 0 radical (unpaired) electrons. The first-order valence-corrected chi connectivity index (χ1v) is 16.2. The van der Waals surface area contributed by atoms with Gasteiger partial charge in [-0.25, -0.2) is 19.2 Å². The molecule has 2 aliphatic rings. The van der Waals surface area contributed by atoms with Gasteiger partial charge in [-0.05, 0) is 30.3 Å². The van der Waals surface area contributed by atoms with E-state index in [0.717, 1.165) is 45.3 Å². The zero-order chi connectivity index (χ0) is 40.4. The molecule has 4 N–H and O–H groups in total. The molecule has 4 rings (SSSR count). The number of hydrogen-bond donors (Lipinski definition) is 4. The van der Waals surface area contributed by atoms with Crippen molar-refractivity contribution in [2.45, 2.75) is 6.18 Å². The van der Waals surface area contributed by atoms with E-state index in [2.05, 4.69) is 9.80 Å². The predicted octanol–water partition coefficient (Wildman–Crippen LogP) is 2.73. The standard InChI is InChI=1S/C27H35F3N4O4.2C4H4O4/c1-36-23-17-20(18-24(37-2)25(23)38-3)26(35)34-15-11-32(12-16-34)8-7-31-9-13-33(14-10-31)22-6-4-5-21(19-22)27(28,29)30;2*5-3(6)1-2-4(7)8/h4-6,17-19H,7-16H2,1-3H3;2*1-2H,(H,5,6)(H,7,8)/b;2*2-1+. The van der Waals surface area contributed by atoms with Gasteiger partial charge in [0.2, 0.25) is 5.75 Å². The van der Waals surface area contributed by atoms with E-state index in [9.17, 15) is 37.1 Å². The number of halogens is 3. The summed E-state index contributed by atoms with van der Waals surface area (Å²) in [5.41, 5.74) is 0.499. The average Bonchev–Trinajstić information content (AvgIpc) is 3.15. The molecule has 2 fully saturated rings. The normalized spacial score (nSPS) is 15.1. The van der Waals surface area contributed by atoms with Crippen molar-refractivity contribution < 1.29 is 71.8 Å². The number of carbonyl (C=O) groups excluding carboxylic acids is 1. The number of amides is 1. The fourth-order valence-electron chi connectivity index (χ4n) is 5.24. The van der Waals surface area contributed by atoms with Gasteiger partial charge >= 0.3 is 30.1 Å². The minimum Gasteiger partial charge on any atom is -0.493 e. The Balaban J connectivity index is 0.000000526. The number of carbonyl (C=O) groups is 5. The van der Waals surface area contributed by atoms with Crippen LogP contribution >= 0.6 is 0 Å². The minimum atomic E-state index is -4.33. The molecule has 1 amide bonds. The SMILES string of the molecule is COc1cc(C(=O)N2CCN(CCN3CCN(c4cccc(C(F)(F)F)c4)CC3)CC2)cc(OC)c1OC.O=C(O)/C=C/C(=O)O.O=C(O)/C=C/C(=O)O. The second-order valence-electron chi connectivity index (χ2n) is 11.4. The van der Waals surface area contributed by atoms with Gasteiger partial charge < -0.3 is 44.4 Å². The van der Waals surface area contributed by atoms with Crippen LogP contribution in [0.1, 0.15) is 15.9 Å². The number of alkyl halides is 3. The molecule has 54 heavy (non-hydrogen) atoms. The molecular weight excluding hydrogens is 725 g/mol. The van der Waals surface area contributed by atoms with Gasteiger partial charge in [0, 0.05) is 101 Å². The number of aliphatic carboxylic acids is 4. The van der Waals surface area contributed by atoms with Crippen molar-refractivity contribution in [1.29, 1.82) is 0 Å². The monoisotopic (exact) mass is 768 g/mol. The van der Waals surface area contributed by atoms with Crippen molar-refractivity contribution in [2.24, 2.45) is 0 Å². The van der Waals surface area contributed by atoms with Gasteiger partial charge in [0.15, 0.2) is 11.5 Å². The van der Waals surface area contributed by atoms with Crippen LogP contribution in [0.4, 0.5) is 18.9 Å². The van der Waals surface area contributed by atoms with Gasteiger partial charge in [-0.1, -0.05) is 6.07 Å². The number of ether oxygens (including phenoxy) is 3. The molecule has 2 heterocycles. The van der Waals surface area contributed by atoms with Gasteiger partial charge in [0.25, 0.3) is 5.91 Å². The zero-order valence-electron chi connectivity index (χ0n) is 29.8. The Bertz CT molecular complexity index is 1560. The molecule has 16 nitrogen and oxygen atoms in total. The van der Waals surface area contributed by atoms with Crippen LogP contribution in [0.3, 0.4) is 0 Å². The van der Waals surface area contributed by atoms with E-state index in [0.29, 0.717) is 79.0 Å². The molecule has 0 aromatic heterocycles. The molecular formula is C35H43F3N4O12. The van der Waals surface area contributed by atoms with Gasteiger partial charge in [-0.2, -0.15) is 13.2 Å². The number of hydrogen-bond acceptors (Lipinski definition) is 11. The molecule has 0 atom stereocenters. The molecule has 2 aromatic carbocycles. The topological polar surface area (TPSA) is 207 Å². The number of rotatable bonds is 12. The number of piperazine rings is 2. The Hall–Kier alpha value is -5.82. The fourth-order valence-corrected chi connectivity index (χ4v) is 5.24. The maximum absolute atomic E-state index is 13.2. The summed E-state index contributed by atoms with van der Waals surface area (Å²) in [5, 5.41) is 31.2. The highest BCUT2D eigenvalue weighted by Gasteiger charge is 2.31. The third-order valence-electron chi connectivity index (χ3n) is 7.95. The summed E-state index contributed by atoms with van der Waals surface area (Å²) in [5.74, 6) is -3.76. The highest BCUT2D eigenvalue weighted by Crippen LogP contribution is 2.38. The van der Waals surface area contributed by atoms with Crippen LogP contribution in [-0.4, -0.2) is 152 Å². The Morgan fingerprint density at radius 3 is 1.44 bits per heavy atom. The zero-order valence-corrected chi connectivity index (χ0v) is 29.8. The first-order valence-electron chi connectivity index (χ1n) is 16.2. The van der Waals surface area contributed by atoms with Crippen LogP contribution in [0.25, 0.3) is 0 Å². The molecule has 0 spiro atoms. The van der Waals surface area contributed by atoms with Crippen molar-refractivity contribution in [3.63, 3.8) is 0 Å². The van der Waals surface area contributed by atoms with Gasteiger partial charge in [-0.15, -0.1) is 0 Å². The van der Waals surface area contributed by atoms with Crippen LogP contribution < -0.4 is 19.1 Å². The van der Waals surface area contributed by atoms with Gasteiger partial charge in [0.05, 0.1) is 26.9 Å². The van der Waals surface area contributed by atoms with Gasteiger partial charge in [0.1, 0.15) is 0 Å². The summed E-state index contributed by atoms with van der Waals surface area (Å²) in [6.45, 7) is 7.56. The van der Waals surface area contributed by atoms with E-state index in [1.54, 1.807) is 18.2 Å². The van der Waals surface area contributed by atoms with E-state index in [1.165, 1.54) is 33.5 Å². The summed E-state index contributed by atoms with van der Waals surface area (Å²) in [6, 6.07) is 8.90. The summed E-state index contributed by atoms with van der Waals surface area (Å²) in [6.07, 6.45) is -2.10. The van der Waals surface area contributed by atoms with E-state index in [4.69, 9.17) is 34.6 Å². The van der Waals surface area contributed by atoms with Crippen molar-refractivity contribution in [2.75, 3.05) is 91.7 Å². The maximum atomic E-state index is 13.2. The second kappa shape index (κ2) is 21.6. The first-order chi connectivity index (χ1) is 25.5. The van der Waals surface area contributed by atoms with E-state index in [-0.39, 0.29) is 5.91 Å². The number of nitrogens with zero attached hydrogens (tertiary/aromatic N) is 4. The molecule has 296 valence electrons. The molecule has 2 saturated heterocycles. The van der Waals surface area contributed by atoms with Gasteiger partial charge in [-0.3, -0.25) is 14.6 Å². The highest BCUT2D eigenvalue weighted by molar-refractivity contribution is 5.96. The largest absolute Gasteiger partial charge is 0.493 e. The number of anilines is 1. The third-order valence-corrected chi connectivity index (χ3v) is 7.95. The third kappa shape index (κ3) is 15.0. The smallest absolute Gasteiger partial charge is 0.416 e. The molecule has 0 saturated carbocycles. The Morgan fingerprint density at radius 1 is 0.648 bits per heavy atom. The highest BCUT2D eigenvalue weighted by atomic mass is 19.4. The lowest BCUT2D eigenvalue weighted by Crippen LogP contribution is -2.52. The molecule has 0 aliphatic carbocycles. The molecule has 0 unspecified atom stereocenters. The maximum Gasteiger partial charge on any atom is 0.416 e. The molecule has 0 bridgehead atoms. The first kappa shape index (κ1) is 44.3. The van der Waals surface area contributed by atoms with Crippen LogP contribution in [0.2, 0.25) is 0 Å². The molecule has 19 heteroatoms. The molecule has 2 aliphatic heterocycles. The van der Waals surface area contributed by atoms with E-state index in [1.807, 2.05) is 9.80 Å². The number of methoxy groups -OCH3 is 3.